The van der Waals surface area contributed by atoms with Crippen LogP contribution in [0, 0.1) is 5.92 Å². The molecule has 1 saturated carbocycles. The summed E-state index contributed by atoms with van der Waals surface area (Å²) in [6.07, 6.45) is 5.95. The second kappa shape index (κ2) is 8.76. The number of carbonyl (C=O) groups is 2. The van der Waals surface area contributed by atoms with Crippen molar-refractivity contribution in [3.8, 4) is 0 Å². The van der Waals surface area contributed by atoms with Crippen molar-refractivity contribution in [2.24, 2.45) is 16.6 Å². The monoisotopic (exact) mass is 311 g/mol. The molecule has 1 aliphatic carbocycles. The number of nitrogens with one attached hydrogen (secondary N) is 1. The molecule has 0 heterocycles. The molecule has 126 valence electrons. The predicted molar refractivity (Wildman–Crippen MR) is 86.7 cm³/mol. The van der Waals surface area contributed by atoms with Crippen LogP contribution in [0.5, 0.6) is 0 Å². The molecular weight excluding hydrogens is 282 g/mol. The quantitative estimate of drug-likeness (QED) is 0.464. The Morgan fingerprint density at radius 2 is 1.86 bits per heavy atom. The van der Waals surface area contributed by atoms with Crippen LogP contribution in [0.1, 0.15) is 65.7 Å². The molecule has 6 heteroatoms. The number of carbonyl (C=O) groups excluding carboxylic acids is 2. The van der Waals surface area contributed by atoms with Crippen molar-refractivity contribution >= 4 is 17.8 Å². The molecule has 3 N–H and O–H groups in total. The number of amidine groups is 1. The normalized spacial score (nSPS) is 17.1. The number of hydrogen-bond donors (Lipinski definition) is 2. The lowest BCUT2D eigenvalue weighted by Crippen LogP contribution is -2.33. The number of nitrogens with two attached hydrogens (primary N) is 1. The first-order valence-electron chi connectivity index (χ1n) is 8.11. The molecule has 0 saturated heterocycles. The fourth-order valence-corrected chi connectivity index (χ4v) is 2.41. The van der Waals surface area contributed by atoms with Gasteiger partial charge >= 0.3 is 6.09 Å². The average Bonchev–Trinajstić information content (AvgIpc) is 2.42. The smallest absolute Gasteiger partial charge is 0.407 e. The highest BCUT2D eigenvalue weighted by Gasteiger charge is 2.20. The van der Waals surface area contributed by atoms with Gasteiger partial charge < -0.3 is 15.8 Å². The molecule has 0 aromatic rings. The Labute approximate surface area is 132 Å². The number of rotatable bonds is 5. The Morgan fingerprint density at radius 1 is 1.23 bits per heavy atom. The zero-order valence-electron chi connectivity index (χ0n) is 14.0. The minimum absolute atomic E-state index is 0.0483. The summed E-state index contributed by atoms with van der Waals surface area (Å²) >= 11 is 0. The molecule has 0 aromatic heterocycles. The summed E-state index contributed by atoms with van der Waals surface area (Å²) < 4.78 is 5.12. The van der Waals surface area contributed by atoms with Gasteiger partial charge in [-0.25, -0.2) is 9.79 Å². The van der Waals surface area contributed by atoms with Gasteiger partial charge in [-0.3, -0.25) is 4.79 Å². The molecule has 2 amide bonds. The van der Waals surface area contributed by atoms with Crippen LogP contribution in [-0.2, 0) is 9.53 Å². The van der Waals surface area contributed by atoms with Gasteiger partial charge in [-0.15, -0.1) is 0 Å². The molecule has 6 nitrogen and oxygen atoms in total. The van der Waals surface area contributed by atoms with Gasteiger partial charge in [0.15, 0.2) is 0 Å². The van der Waals surface area contributed by atoms with Crippen LogP contribution in [0.15, 0.2) is 4.99 Å². The maximum Gasteiger partial charge on any atom is 0.407 e. The van der Waals surface area contributed by atoms with Crippen molar-refractivity contribution in [3.05, 3.63) is 0 Å². The Balaban J connectivity index is 2.22. The standard InChI is InChI=1S/C16H29N3O3/c1-16(2,3)22-15(21)18-11-7-10-13(17)19-14(20)12-8-5-4-6-9-12/h12H,4-11H2,1-3H3,(H,18,21)(H2,17,19,20). The topological polar surface area (TPSA) is 93.8 Å². The van der Waals surface area contributed by atoms with Crippen molar-refractivity contribution in [2.75, 3.05) is 6.54 Å². The van der Waals surface area contributed by atoms with E-state index in [-0.39, 0.29) is 11.8 Å². The average molecular weight is 311 g/mol. The molecule has 1 fully saturated rings. The molecule has 22 heavy (non-hydrogen) atoms. The highest BCUT2D eigenvalue weighted by atomic mass is 16.6. The van der Waals surface area contributed by atoms with E-state index in [1.807, 2.05) is 20.8 Å². The van der Waals surface area contributed by atoms with Gasteiger partial charge in [0.1, 0.15) is 11.4 Å². The molecule has 0 aromatic carbocycles. The molecule has 1 aliphatic rings. The lowest BCUT2D eigenvalue weighted by molar-refractivity contribution is -0.122. The van der Waals surface area contributed by atoms with E-state index in [9.17, 15) is 9.59 Å². The third-order valence-corrected chi connectivity index (χ3v) is 3.49. The number of ether oxygens (including phenoxy) is 1. The predicted octanol–water partition coefficient (Wildman–Crippen LogP) is 2.76. The number of alkyl carbamates (subject to hydrolysis) is 1. The zero-order chi connectivity index (χ0) is 16.6. The van der Waals surface area contributed by atoms with Crippen molar-refractivity contribution in [1.29, 1.82) is 0 Å². The number of hydrogen-bond acceptors (Lipinski definition) is 3. The largest absolute Gasteiger partial charge is 0.444 e. The summed E-state index contributed by atoms with van der Waals surface area (Å²) in [6.45, 7) is 5.89. The van der Waals surface area contributed by atoms with Crippen molar-refractivity contribution in [2.45, 2.75) is 71.3 Å². The van der Waals surface area contributed by atoms with E-state index in [4.69, 9.17) is 10.5 Å². The van der Waals surface area contributed by atoms with Gasteiger partial charge in [-0.1, -0.05) is 19.3 Å². The molecule has 0 aliphatic heterocycles. The maximum absolute atomic E-state index is 11.9. The lowest BCUT2D eigenvalue weighted by Gasteiger charge is -2.19. The van der Waals surface area contributed by atoms with Gasteiger partial charge in [0, 0.05) is 18.9 Å². The molecule has 0 spiro atoms. The summed E-state index contributed by atoms with van der Waals surface area (Å²) in [6, 6.07) is 0. The van der Waals surface area contributed by atoms with E-state index >= 15 is 0 Å². The first kappa shape index (κ1) is 18.5. The highest BCUT2D eigenvalue weighted by Crippen LogP contribution is 2.24. The summed E-state index contributed by atoms with van der Waals surface area (Å²) in [5, 5.41) is 2.65. The van der Waals surface area contributed by atoms with Gasteiger partial charge in [-0.2, -0.15) is 0 Å². The van der Waals surface area contributed by atoms with Crippen LogP contribution >= 0.6 is 0 Å². The minimum atomic E-state index is -0.503. The SMILES string of the molecule is CC(C)(C)OC(=O)NCCCC(N)=NC(=O)C1CCCCC1. The summed E-state index contributed by atoms with van der Waals surface area (Å²) in [5.74, 6) is 0.311. The fourth-order valence-electron chi connectivity index (χ4n) is 2.41. The van der Waals surface area contributed by atoms with E-state index in [0.29, 0.717) is 25.2 Å². The minimum Gasteiger partial charge on any atom is -0.444 e. The van der Waals surface area contributed by atoms with Crippen LogP contribution in [0.2, 0.25) is 0 Å². The molecule has 0 radical (unpaired) electrons. The van der Waals surface area contributed by atoms with Gasteiger partial charge in [-0.05, 0) is 40.0 Å². The van der Waals surface area contributed by atoms with Crippen molar-refractivity contribution in [1.82, 2.24) is 5.32 Å². The Morgan fingerprint density at radius 3 is 2.45 bits per heavy atom. The Kier molecular flexibility index (Phi) is 7.35. The molecular formula is C16H29N3O3. The van der Waals surface area contributed by atoms with Gasteiger partial charge in [0.05, 0.1) is 0 Å². The first-order valence-corrected chi connectivity index (χ1v) is 8.11. The third kappa shape index (κ3) is 8.00. The van der Waals surface area contributed by atoms with Crippen LogP contribution in [-0.4, -0.2) is 30.0 Å². The molecule has 0 atom stereocenters. The van der Waals surface area contributed by atoms with Crippen LogP contribution in [0.25, 0.3) is 0 Å². The fraction of sp³-hybridized carbons (Fsp3) is 0.812. The van der Waals surface area contributed by atoms with Crippen molar-refractivity contribution in [3.63, 3.8) is 0 Å². The Hall–Kier alpha value is -1.59. The first-order chi connectivity index (χ1) is 10.3. The zero-order valence-corrected chi connectivity index (χ0v) is 14.0. The Bertz CT molecular complexity index is 407. The third-order valence-electron chi connectivity index (χ3n) is 3.49. The van der Waals surface area contributed by atoms with Crippen LogP contribution < -0.4 is 11.1 Å². The summed E-state index contributed by atoms with van der Waals surface area (Å²) in [5.41, 5.74) is 5.28. The van der Waals surface area contributed by atoms with E-state index in [1.54, 1.807) is 0 Å². The highest BCUT2D eigenvalue weighted by molar-refractivity contribution is 5.94. The van der Waals surface area contributed by atoms with Gasteiger partial charge in [0.25, 0.3) is 0 Å². The molecule has 0 unspecified atom stereocenters. The van der Waals surface area contributed by atoms with E-state index in [0.717, 1.165) is 25.7 Å². The summed E-state index contributed by atoms with van der Waals surface area (Å²) in [7, 11) is 0. The number of amides is 2. The summed E-state index contributed by atoms with van der Waals surface area (Å²) in [4.78, 5) is 27.4. The lowest BCUT2D eigenvalue weighted by atomic mass is 9.89. The maximum atomic E-state index is 11.9. The van der Waals surface area contributed by atoms with E-state index in [2.05, 4.69) is 10.3 Å². The van der Waals surface area contributed by atoms with Crippen molar-refractivity contribution < 1.29 is 14.3 Å². The second-order valence-corrected chi connectivity index (χ2v) is 6.81. The van der Waals surface area contributed by atoms with E-state index < -0.39 is 11.7 Å². The molecule has 1 rings (SSSR count). The van der Waals surface area contributed by atoms with Crippen LogP contribution in [0.4, 0.5) is 4.79 Å². The molecule has 0 bridgehead atoms. The van der Waals surface area contributed by atoms with E-state index in [1.165, 1.54) is 6.42 Å². The number of aliphatic imine (C=N–C) groups is 1. The van der Waals surface area contributed by atoms with Gasteiger partial charge in [0.2, 0.25) is 5.91 Å². The second-order valence-electron chi connectivity index (χ2n) is 6.81. The van der Waals surface area contributed by atoms with Crippen LogP contribution in [0.3, 0.4) is 0 Å². The number of nitrogens with zero attached hydrogens (tertiary/aromatic N) is 1.